The highest BCUT2D eigenvalue weighted by atomic mass is 32.2. The van der Waals surface area contributed by atoms with Crippen LogP contribution < -0.4 is 5.32 Å². The smallest absolute Gasteiger partial charge is 0.265 e. The lowest BCUT2D eigenvalue weighted by molar-refractivity contribution is 0.360. The van der Waals surface area contributed by atoms with Gasteiger partial charge < -0.3 is 5.32 Å². The summed E-state index contributed by atoms with van der Waals surface area (Å²) in [5.74, 6) is -3.83. The Labute approximate surface area is 152 Å². The molecule has 0 unspecified atom stereocenters. The van der Waals surface area contributed by atoms with E-state index >= 15 is 0 Å². The van der Waals surface area contributed by atoms with Gasteiger partial charge in [-0.15, -0.1) is 0 Å². The van der Waals surface area contributed by atoms with Crippen LogP contribution in [0.1, 0.15) is 29.9 Å². The van der Waals surface area contributed by atoms with Crippen molar-refractivity contribution in [1.29, 1.82) is 0 Å². The molecule has 7 heteroatoms. The highest BCUT2D eigenvalue weighted by Gasteiger charge is 2.37. The molecule has 1 saturated heterocycles. The normalized spacial score (nSPS) is 20.0. The van der Waals surface area contributed by atoms with Crippen molar-refractivity contribution in [2.45, 2.75) is 24.8 Å². The van der Waals surface area contributed by atoms with Crippen LogP contribution in [0.5, 0.6) is 0 Å². The Morgan fingerprint density at radius 2 is 1.85 bits per heavy atom. The van der Waals surface area contributed by atoms with Crippen molar-refractivity contribution in [3.8, 4) is 0 Å². The van der Waals surface area contributed by atoms with Crippen LogP contribution in [-0.4, -0.2) is 31.3 Å². The Balaban J connectivity index is 2.15. The van der Waals surface area contributed by atoms with Gasteiger partial charge in [0, 0.05) is 17.9 Å². The number of hydrogen-bond donors (Lipinski definition) is 2. The second-order valence-electron chi connectivity index (χ2n) is 6.65. The van der Waals surface area contributed by atoms with Crippen LogP contribution in [0.3, 0.4) is 0 Å². The van der Waals surface area contributed by atoms with Gasteiger partial charge in [0.25, 0.3) is 10.1 Å². The average molecular weight is 381 g/mol. The van der Waals surface area contributed by atoms with Gasteiger partial charge in [0.1, 0.15) is 0 Å². The molecule has 0 bridgehead atoms. The lowest BCUT2D eigenvalue weighted by Crippen LogP contribution is -2.39. The fraction of sp³-hybridized carbons (Fsp3) is 0.368. The van der Waals surface area contributed by atoms with E-state index < -0.39 is 39.3 Å². The number of halogens is 2. The fourth-order valence-electron chi connectivity index (χ4n) is 3.84. The summed E-state index contributed by atoms with van der Waals surface area (Å²) in [5, 5.41) is 3.24. The first kappa shape index (κ1) is 18.9. The predicted molar refractivity (Wildman–Crippen MR) is 95.6 cm³/mol. The fourth-order valence-corrected chi connectivity index (χ4v) is 4.75. The van der Waals surface area contributed by atoms with E-state index in [4.69, 9.17) is 0 Å². The molecule has 0 aliphatic carbocycles. The zero-order valence-corrected chi connectivity index (χ0v) is 14.9. The summed E-state index contributed by atoms with van der Waals surface area (Å²) < 4.78 is 61.3. The molecule has 0 spiro atoms. The molecule has 1 aliphatic heterocycles. The Kier molecular flexibility index (Phi) is 5.70. The number of benzene rings is 2. The summed E-state index contributed by atoms with van der Waals surface area (Å²) >= 11 is 0. The summed E-state index contributed by atoms with van der Waals surface area (Å²) in [5.41, 5.74) is 0.776. The number of hydrogen-bond acceptors (Lipinski definition) is 3. The van der Waals surface area contributed by atoms with Crippen LogP contribution in [0.2, 0.25) is 0 Å². The second-order valence-corrected chi connectivity index (χ2v) is 8.14. The van der Waals surface area contributed by atoms with E-state index in [-0.39, 0.29) is 11.6 Å². The summed E-state index contributed by atoms with van der Waals surface area (Å²) in [7, 11) is -4.30. The molecule has 1 aliphatic rings. The number of rotatable bonds is 6. The van der Waals surface area contributed by atoms with Gasteiger partial charge in [-0.25, -0.2) is 8.78 Å². The third-order valence-corrected chi connectivity index (χ3v) is 5.73. The summed E-state index contributed by atoms with van der Waals surface area (Å²) in [4.78, 5) is 0. The van der Waals surface area contributed by atoms with E-state index in [0.29, 0.717) is 12.0 Å². The molecule has 3 rings (SSSR count). The lowest BCUT2D eigenvalue weighted by atomic mass is 9.77. The van der Waals surface area contributed by atoms with Crippen LogP contribution >= 0.6 is 0 Å². The summed E-state index contributed by atoms with van der Waals surface area (Å²) in [6.07, 6.45) is 1.57. The van der Waals surface area contributed by atoms with E-state index in [1.54, 1.807) is 30.3 Å². The lowest BCUT2D eigenvalue weighted by Gasteiger charge is -2.32. The molecule has 4 nitrogen and oxygen atoms in total. The molecule has 0 amide bonds. The molecule has 1 heterocycles. The van der Waals surface area contributed by atoms with E-state index in [9.17, 15) is 21.8 Å². The van der Waals surface area contributed by atoms with Gasteiger partial charge in [0.05, 0.1) is 5.75 Å². The summed E-state index contributed by atoms with van der Waals surface area (Å²) in [6.45, 7) is 0.722. The van der Waals surface area contributed by atoms with E-state index in [2.05, 4.69) is 5.32 Å². The van der Waals surface area contributed by atoms with Crippen molar-refractivity contribution in [2.75, 3.05) is 12.3 Å². The first-order chi connectivity index (χ1) is 12.4. The van der Waals surface area contributed by atoms with Crippen molar-refractivity contribution >= 4 is 10.1 Å². The first-order valence-corrected chi connectivity index (χ1v) is 10.1. The average Bonchev–Trinajstić information content (AvgIpc) is 3.12. The number of nitrogens with one attached hydrogen (secondary N) is 1. The molecular formula is C19H21F2NO3S. The third kappa shape index (κ3) is 4.28. The van der Waals surface area contributed by atoms with Crippen molar-refractivity contribution in [3.63, 3.8) is 0 Å². The zero-order chi connectivity index (χ0) is 18.7. The molecule has 2 aromatic rings. The Bertz CT molecular complexity index is 852. The van der Waals surface area contributed by atoms with Crippen molar-refractivity contribution in [1.82, 2.24) is 5.32 Å². The highest BCUT2D eigenvalue weighted by Crippen LogP contribution is 2.38. The van der Waals surface area contributed by atoms with Gasteiger partial charge in [0.2, 0.25) is 0 Å². The third-order valence-electron chi connectivity index (χ3n) is 4.92. The van der Waals surface area contributed by atoms with Crippen LogP contribution in [0, 0.1) is 17.6 Å². The molecule has 0 radical (unpaired) electrons. The van der Waals surface area contributed by atoms with Gasteiger partial charge in [0.15, 0.2) is 11.6 Å². The molecule has 140 valence electrons. The maximum absolute atomic E-state index is 14.6. The molecule has 1 fully saturated rings. The predicted octanol–water partition coefficient (Wildman–Crippen LogP) is 3.35. The van der Waals surface area contributed by atoms with Gasteiger partial charge in [-0.05, 0) is 36.6 Å². The van der Waals surface area contributed by atoms with Gasteiger partial charge in [-0.2, -0.15) is 8.42 Å². The van der Waals surface area contributed by atoms with E-state index in [0.717, 1.165) is 19.0 Å². The minimum Gasteiger partial charge on any atom is -0.314 e. The molecular weight excluding hydrogens is 360 g/mol. The standard InChI is InChI=1S/C19H21F2NO3S/c20-16-9-4-8-14(19(16)21)18(13-6-2-1-3-7-13)15(12-26(23,24)25)17-10-5-11-22-17/h1-4,6-9,15,17-18,22H,5,10-12H2,(H,23,24,25)/t15-,17+,18+/m0/s1. The Morgan fingerprint density at radius 1 is 1.12 bits per heavy atom. The molecule has 3 atom stereocenters. The van der Waals surface area contributed by atoms with Gasteiger partial charge in [-0.3, -0.25) is 4.55 Å². The second kappa shape index (κ2) is 7.82. The van der Waals surface area contributed by atoms with Crippen molar-refractivity contribution < 1.29 is 21.8 Å². The Morgan fingerprint density at radius 3 is 2.46 bits per heavy atom. The molecule has 2 N–H and O–H groups in total. The topological polar surface area (TPSA) is 66.4 Å². The van der Waals surface area contributed by atoms with E-state index in [1.807, 2.05) is 0 Å². The maximum atomic E-state index is 14.6. The quantitative estimate of drug-likeness (QED) is 0.753. The van der Waals surface area contributed by atoms with Crippen LogP contribution in [0.4, 0.5) is 8.78 Å². The largest absolute Gasteiger partial charge is 0.314 e. The minimum atomic E-state index is -4.30. The first-order valence-electron chi connectivity index (χ1n) is 8.54. The zero-order valence-electron chi connectivity index (χ0n) is 14.1. The summed E-state index contributed by atoms with van der Waals surface area (Å²) in [6, 6.07) is 12.6. The molecule has 26 heavy (non-hydrogen) atoms. The van der Waals surface area contributed by atoms with Crippen LogP contribution in [0.15, 0.2) is 48.5 Å². The van der Waals surface area contributed by atoms with Crippen molar-refractivity contribution in [3.05, 3.63) is 71.3 Å². The van der Waals surface area contributed by atoms with E-state index in [1.165, 1.54) is 12.1 Å². The van der Waals surface area contributed by atoms with Crippen LogP contribution in [0.25, 0.3) is 0 Å². The Hall–Kier alpha value is -1.83. The monoisotopic (exact) mass is 381 g/mol. The maximum Gasteiger partial charge on any atom is 0.265 e. The highest BCUT2D eigenvalue weighted by molar-refractivity contribution is 7.85. The minimum absolute atomic E-state index is 0.0959. The van der Waals surface area contributed by atoms with Gasteiger partial charge >= 0.3 is 0 Å². The van der Waals surface area contributed by atoms with Crippen molar-refractivity contribution in [2.24, 2.45) is 5.92 Å². The molecule has 2 aromatic carbocycles. The SMILES string of the molecule is O=S(=O)(O)C[C@H]([C@H](c1ccccc1)c1cccc(F)c1F)[C@H]1CCCN1. The van der Waals surface area contributed by atoms with Gasteiger partial charge in [-0.1, -0.05) is 42.5 Å². The van der Waals surface area contributed by atoms with Crippen LogP contribution in [-0.2, 0) is 10.1 Å². The molecule has 0 aromatic heterocycles. The molecule has 0 saturated carbocycles.